The van der Waals surface area contributed by atoms with Crippen LogP contribution in [0.1, 0.15) is 64.0 Å². The fourth-order valence-electron chi connectivity index (χ4n) is 3.46. The van der Waals surface area contributed by atoms with Gasteiger partial charge >= 0.3 is 0 Å². The van der Waals surface area contributed by atoms with Gasteiger partial charge in [0.05, 0.1) is 0 Å². The molecule has 0 unspecified atom stereocenters. The maximum Gasteiger partial charge on any atom is 0.127 e. The highest BCUT2D eigenvalue weighted by atomic mass is 19.1. The Morgan fingerprint density at radius 3 is 2.48 bits per heavy atom. The lowest BCUT2D eigenvalue weighted by molar-refractivity contribution is 0.136. The van der Waals surface area contributed by atoms with Crippen LogP contribution in [0.15, 0.2) is 18.2 Å². The zero-order chi connectivity index (χ0) is 15.5. The third-order valence-corrected chi connectivity index (χ3v) is 5.53. The second-order valence-corrected chi connectivity index (χ2v) is 7.37. The van der Waals surface area contributed by atoms with Crippen LogP contribution in [0.4, 0.5) is 4.39 Å². The molecular weight excluding hydrogens is 261 g/mol. The molecule has 21 heavy (non-hydrogen) atoms. The first-order chi connectivity index (χ1) is 9.92. The number of halogens is 1. The summed E-state index contributed by atoms with van der Waals surface area (Å²) in [5.74, 6) is 0.755. The summed E-state index contributed by atoms with van der Waals surface area (Å²) in [4.78, 5) is 0. The van der Waals surface area contributed by atoms with Crippen molar-refractivity contribution < 1.29 is 4.39 Å². The molecule has 1 aromatic carbocycles. The van der Waals surface area contributed by atoms with Gasteiger partial charge in [0.1, 0.15) is 5.82 Å². The van der Waals surface area contributed by atoms with Gasteiger partial charge in [-0.25, -0.2) is 4.39 Å². The van der Waals surface area contributed by atoms with Gasteiger partial charge in [-0.2, -0.15) is 0 Å². The fourth-order valence-corrected chi connectivity index (χ4v) is 3.46. The van der Waals surface area contributed by atoms with E-state index in [4.69, 9.17) is 0 Å². The Kier molecular flexibility index (Phi) is 5.43. The molecule has 1 aliphatic carbocycles. The second-order valence-electron chi connectivity index (χ2n) is 7.37. The van der Waals surface area contributed by atoms with Gasteiger partial charge in [-0.05, 0) is 50.0 Å². The van der Waals surface area contributed by atoms with Crippen molar-refractivity contribution in [3.63, 3.8) is 0 Å². The molecule has 2 rings (SSSR count). The summed E-state index contributed by atoms with van der Waals surface area (Å²) >= 11 is 0. The predicted molar refractivity (Wildman–Crippen MR) is 87.8 cm³/mol. The molecule has 1 N–H and O–H groups in total. The topological polar surface area (TPSA) is 12.0 Å². The fraction of sp³-hybridized carbons (Fsp3) is 0.684. The average molecular weight is 291 g/mol. The van der Waals surface area contributed by atoms with Crippen LogP contribution in [0, 0.1) is 24.1 Å². The van der Waals surface area contributed by atoms with Gasteiger partial charge in [0.15, 0.2) is 0 Å². The van der Waals surface area contributed by atoms with Crippen molar-refractivity contribution in [1.82, 2.24) is 5.32 Å². The predicted octanol–water partition coefficient (Wildman–Crippen LogP) is 5.22. The van der Waals surface area contributed by atoms with E-state index < -0.39 is 0 Å². The molecule has 0 spiro atoms. The van der Waals surface area contributed by atoms with Crippen LogP contribution in [0.25, 0.3) is 0 Å². The minimum atomic E-state index is -0.0890. The standard InChI is InChI=1S/C19H30FN/c1-5-19(3,4)16-7-9-17(10-8-16)21-13-15-12-14(2)6-11-18(15)20/h6,11-12,16-17,21H,5,7-10,13H2,1-4H3. The van der Waals surface area contributed by atoms with E-state index >= 15 is 0 Å². The van der Waals surface area contributed by atoms with Gasteiger partial charge in [-0.15, -0.1) is 0 Å². The second kappa shape index (κ2) is 6.91. The molecule has 1 nitrogen and oxygen atoms in total. The summed E-state index contributed by atoms with van der Waals surface area (Å²) in [6.07, 6.45) is 6.30. The van der Waals surface area contributed by atoms with Crippen LogP contribution in [-0.2, 0) is 6.54 Å². The van der Waals surface area contributed by atoms with Gasteiger partial charge in [0, 0.05) is 18.2 Å². The average Bonchev–Trinajstić information content (AvgIpc) is 2.48. The summed E-state index contributed by atoms with van der Waals surface area (Å²) in [7, 11) is 0. The van der Waals surface area contributed by atoms with Crippen LogP contribution >= 0.6 is 0 Å². The van der Waals surface area contributed by atoms with Gasteiger partial charge in [0.25, 0.3) is 0 Å². The molecule has 118 valence electrons. The van der Waals surface area contributed by atoms with E-state index in [1.165, 1.54) is 32.1 Å². The van der Waals surface area contributed by atoms with Gasteiger partial charge in [0.2, 0.25) is 0 Å². The molecule has 0 bridgehead atoms. The molecular formula is C19H30FN. The van der Waals surface area contributed by atoms with Crippen molar-refractivity contribution in [2.24, 2.45) is 11.3 Å². The Morgan fingerprint density at radius 2 is 1.86 bits per heavy atom. The van der Waals surface area contributed by atoms with E-state index in [-0.39, 0.29) is 5.82 Å². The Hall–Kier alpha value is -0.890. The van der Waals surface area contributed by atoms with Crippen molar-refractivity contribution in [2.45, 2.75) is 72.4 Å². The molecule has 0 amide bonds. The third kappa shape index (κ3) is 4.29. The van der Waals surface area contributed by atoms with E-state index in [1.807, 2.05) is 19.1 Å². The number of rotatable bonds is 5. The molecule has 1 fully saturated rings. The van der Waals surface area contributed by atoms with E-state index in [2.05, 4.69) is 26.1 Å². The summed E-state index contributed by atoms with van der Waals surface area (Å²) in [5, 5.41) is 3.56. The van der Waals surface area contributed by atoms with Gasteiger partial charge in [-0.3, -0.25) is 0 Å². The quantitative estimate of drug-likeness (QED) is 0.784. The molecule has 1 aliphatic rings. The Labute approximate surface area is 129 Å². The van der Waals surface area contributed by atoms with Gasteiger partial charge in [-0.1, -0.05) is 44.9 Å². The van der Waals surface area contributed by atoms with Crippen LogP contribution in [0.2, 0.25) is 0 Å². The van der Waals surface area contributed by atoms with Crippen molar-refractivity contribution in [2.75, 3.05) is 0 Å². The van der Waals surface area contributed by atoms with E-state index in [0.717, 1.165) is 17.0 Å². The van der Waals surface area contributed by atoms with Crippen LogP contribution in [-0.4, -0.2) is 6.04 Å². The van der Waals surface area contributed by atoms with E-state index in [9.17, 15) is 4.39 Å². The minimum absolute atomic E-state index is 0.0890. The van der Waals surface area contributed by atoms with E-state index in [0.29, 0.717) is 18.0 Å². The maximum absolute atomic E-state index is 13.7. The SMILES string of the molecule is CCC(C)(C)C1CCC(NCc2cc(C)ccc2F)CC1. The smallest absolute Gasteiger partial charge is 0.127 e. The molecule has 0 aromatic heterocycles. The lowest BCUT2D eigenvalue weighted by Crippen LogP contribution is -2.36. The van der Waals surface area contributed by atoms with Crippen molar-refractivity contribution in [1.29, 1.82) is 0 Å². The number of aryl methyl sites for hydroxylation is 1. The number of benzene rings is 1. The number of nitrogens with one attached hydrogen (secondary N) is 1. The summed E-state index contributed by atoms with van der Waals surface area (Å²) in [6.45, 7) is 9.76. The molecule has 2 heteroatoms. The largest absolute Gasteiger partial charge is 0.310 e. The molecule has 1 saturated carbocycles. The Balaban J connectivity index is 1.83. The first-order valence-corrected chi connectivity index (χ1v) is 8.41. The molecule has 1 aromatic rings. The lowest BCUT2D eigenvalue weighted by atomic mass is 9.69. The summed E-state index contributed by atoms with van der Waals surface area (Å²) in [6, 6.07) is 5.91. The molecule has 0 aliphatic heterocycles. The minimum Gasteiger partial charge on any atom is -0.310 e. The monoisotopic (exact) mass is 291 g/mol. The summed E-state index contributed by atoms with van der Waals surface area (Å²) in [5.41, 5.74) is 2.39. The van der Waals surface area contributed by atoms with Crippen LogP contribution < -0.4 is 5.32 Å². The first-order valence-electron chi connectivity index (χ1n) is 8.41. The Morgan fingerprint density at radius 1 is 1.19 bits per heavy atom. The number of hydrogen-bond acceptors (Lipinski definition) is 1. The van der Waals surface area contributed by atoms with Crippen LogP contribution in [0.3, 0.4) is 0 Å². The molecule has 0 saturated heterocycles. The number of hydrogen-bond donors (Lipinski definition) is 1. The van der Waals surface area contributed by atoms with Crippen molar-refractivity contribution >= 4 is 0 Å². The molecule has 0 radical (unpaired) electrons. The maximum atomic E-state index is 13.7. The van der Waals surface area contributed by atoms with Crippen LogP contribution in [0.5, 0.6) is 0 Å². The molecule has 0 heterocycles. The lowest BCUT2D eigenvalue weighted by Gasteiger charge is -2.39. The summed E-state index contributed by atoms with van der Waals surface area (Å²) < 4.78 is 13.7. The zero-order valence-electron chi connectivity index (χ0n) is 14.0. The highest BCUT2D eigenvalue weighted by molar-refractivity contribution is 5.23. The van der Waals surface area contributed by atoms with E-state index in [1.54, 1.807) is 6.07 Å². The van der Waals surface area contributed by atoms with Crippen molar-refractivity contribution in [3.8, 4) is 0 Å². The highest BCUT2D eigenvalue weighted by Crippen LogP contribution is 2.40. The highest BCUT2D eigenvalue weighted by Gasteiger charge is 2.31. The van der Waals surface area contributed by atoms with Crippen molar-refractivity contribution in [3.05, 3.63) is 35.1 Å². The normalized spacial score (nSPS) is 23.3. The first kappa shape index (κ1) is 16.5. The Bertz CT molecular complexity index is 459. The third-order valence-electron chi connectivity index (χ3n) is 5.53. The molecule has 0 atom stereocenters. The zero-order valence-corrected chi connectivity index (χ0v) is 14.0. The van der Waals surface area contributed by atoms with Gasteiger partial charge < -0.3 is 5.32 Å².